The molecule has 1 aromatic carbocycles. The number of rotatable bonds is 0. The number of ether oxygens (including phenoxy) is 2. The van der Waals surface area contributed by atoms with E-state index in [1.807, 2.05) is 6.07 Å². The molecule has 0 N–H and O–H groups in total. The summed E-state index contributed by atoms with van der Waals surface area (Å²) in [4.78, 5) is 0. The van der Waals surface area contributed by atoms with E-state index in [1.54, 1.807) is 0 Å². The van der Waals surface area contributed by atoms with Crippen molar-refractivity contribution in [2.45, 2.75) is 38.4 Å². The first kappa shape index (κ1) is 10.2. The molecule has 2 heterocycles. The van der Waals surface area contributed by atoms with Gasteiger partial charge in [0.2, 0.25) is 5.79 Å². The smallest absolute Gasteiger partial charge is 0.211 e. The predicted octanol–water partition coefficient (Wildman–Crippen LogP) is 3.15. The Labute approximate surface area is 96.6 Å². The zero-order chi connectivity index (χ0) is 11.0. The van der Waals surface area contributed by atoms with Gasteiger partial charge in [-0.05, 0) is 30.4 Å². The van der Waals surface area contributed by atoms with E-state index in [4.69, 9.17) is 9.47 Å². The van der Waals surface area contributed by atoms with Crippen LogP contribution < -0.4 is 4.74 Å². The number of fused-ring (bicyclic) bond motifs is 1. The van der Waals surface area contributed by atoms with Crippen LogP contribution in [0.4, 0.5) is 0 Å². The highest BCUT2D eigenvalue weighted by Gasteiger charge is 2.40. The number of para-hydroxylation sites is 1. The van der Waals surface area contributed by atoms with Crippen LogP contribution in [-0.4, -0.2) is 12.4 Å². The number of hydrogen-bond donors (Lipinski definition) is 0. The highest BCUT2D eigenvalue weighted by molar-refractivity contribution is 5.35. The fraction of sp³-hybridized carbons (Fsp3) is 0.571. The molecule has 1 spiro atoms. The first-order valence-electron chi connectivity index (χ1n) is 6.18. The maximum atomic E-state index is 6.11. The molecule has 1 saturated heterocycles. The van der Waals surface area contributed by atoms with Crippen molar-refractivity contribution in [3.05, 3.63) is 29.8 Å². The highest BCUT2D eigenvalue weighted by Crippen LogP contribution is 2.40. The molecule has 2 unspecified atom stereocenters. The Morgan fingerprint density at radius 2 is 2.19 bits per heavy atom. The van der Waals surface area contributed by atoms with Crippen LogP contribution in [-0.2, 0) is 11.2 Å². The minimum absolute atomic E-state index is 0.327. The van der Waals surface area contributed by atoms with Crippen molar-refractivity contribution in [1.29, 1.82) is 0 Å². The average molecular weight is 218 g/mol. The van der Waals surface area contributed by atoms with Crippen LogP contribution in [0.15, 0.2) is 24.3 Å². The summed E-state index contributed by atoms with van der Waals surface area (Å²) in [6.45, 7) is 3.12. The fourth-order valence-electron chi connectivity index (χ4n) is 2.77. The van der Waals surface area contributed by atoms with E-state index < -0.39 is 0 Å². The van der Waals surface area contributed by atoms with Crippen LogP contribution in [0.1, 0.15) is 31.7 Å². The largest absolute Gasteiger partial charge is 0.462 e. The van der Waals surface area contributed by atoms with Gasteiger partial charge >= 0.3 is 0 Å². The Morgan fingerprint density at radius 1 is 1.31 bits per heavy atom. The molecular weight excluding hydrogens is 200 g/mol. The summed E-state index contributed by atoms with van der Waals surface area (Å²) in [6.07, 6.45) is 4.26. The summed E-state index contributed by atoms with van der Waals surface area (Å²) in [5.41, 5.74) is 1.31. The van der Waals surface area contributed by atoms with Gasteiger partial charge in [0.25, 0.3) is 0 Å². The van der Waals surface area contributed by atoms with E-state index in [0.717, 1.165) is 38.0 Å². The molecule has 3 rings (SSSR count). The van der Waals surface area contributed by atoms with Gasteiger partial charge < -0.3 is 9.47 Å². The summed E-state index contributed by atoms with van der Waals surface area (Å²) in [7, 11) is 0. The normalized spacial score (nSPS) is 33.2. The van der Waals surface area contributed by atoms with E-state index in [1.165, 1.54) is 5.56 Å². The Kier molecular flexibility index (Phi) is 2.40. The maximum absolute atomic E-state index is 6.11. The Hall–Kier alpha value is -1.02. The lowest BCUT2D eigenvalue weighted by molar-refractivity contribution is -0.224. The lowest BCUT2D eigenvalue weighted by atomic mass is 9.89. The van der Waals surface area contributed by atoms with Crippen LogP contribution in [0.2, 0.25) is 0 Å². The van der Waals surface area contributed by atoms with Crippen molar-refractivity contribution in [3.8, 4) is 5.75 Å². The molecule has 86 valence electrons. The zero-order valence-corrected chi connectivity index (χ0v) is 9.74. The van der Waals surface area contributed by atoms with Crippen LogP contribution >= 0.6 is 0 Å². The van der Waals surface area contributed by atoms with Crippen molar-refractivity contribution in [3.63, 3.8) is 0 Å². The summed E-state index contributed by atoms with van der Waals surface area (Å²) in [6, 6.07) is 8.31. The molecule has 1 aromatic rings. The summed E-state index contributed by atoms with van der Waals surface area (Å²) < 4.78 is 12.0. The summed E-state index contributed by atoms with van der Waals surface area (Å²) in [5.74, 6) is 1.40. The molecule has 2 heteroatoms. The van der Waals surface area contributed by atoms with Gasteiger partial charge in [-0.15, -0.1) is 0 Å². The standard InChI is InChI=1S/C14H18O2/c1-11-7-9-15-14(10-11)8-6-12-4-2-3-5-13(12)16-14/h2-5,11H,6-10H2,1H3. The van der Waals surface area contributed by atoms with E-state index in [9.17, 15) is 0 Å². The molecule has 0 saturated carbocycles. The number of aryl methyl sites for hydroxylation is 1. The van der Waals surface area contributed by atoms with Gasteiger partial charge in [0.05, 0.1) is 6.61 Å². The van der Waals surface area contributed by atoms with E-state index in [-0.39, 0.29) is 5.79 Å². The molecule has 2 aliphatic rings. The average Bonchev–Trinajstić information content (AvgIpc) is 2.28. The third-order valence-corrected chi connectivity index (χ3v) is 3.68. The lowest BCUT2D eigenvalue weighted by Gasteiger charge is -2.42. The monoisotopic (exact) mass is 218 g/mol. The molecule has 2 atom stereocenters. The number of hydrogen-bond acceptors (Lipinski definition) is 2. The molecule has 0 radical (unpaired) electrons. The first-order valence-corrected chi connectivity index (χ1v) is 6.18. The van der Waals surface area contributed by atoms with Crippen molar-refractivity contribution >= 4 is 0 Å². The Morgan fingerprint density at radius 3 is 3.06 bits per heavy atom. The third-order valence-electron chi connectivity index (χ3n) is 3.68. The van der Waals surface area contributed by atoms with Gasteiger partial charge in [0, 0.05) is 12.8 Å². The second-order valence-electron chi connectivity index (χ2n) is 5.07. The van der Waals surface area contributed by atoms with Gasteiger partial charge in [-0.25, -0.2) is 0 Å². The lowest BCUT2D eigenvalue weighted by Crippen LogP contribution is -2.46. The predicted molar refractivity (Wildman–Crippen MR) is 62.5 cm³/mol. The third kappa shape index (κ3) is 1.71. The van der Waals surface area contributed by atoms with Crippen molar-refractivity contribution in [2.24, 2.45) is 5.92 Å². The summed E-state index contributed by atoms with van der Waals surface area (Å²) >= 11 is 0. The van der Waals surface area contributed by atoms with Crippen LogP contribution in [0.25, 0.3) is 0 Å². The van der Waals surface area contributed by atoms with Crippen molar-refractivity contribution < 1.29 is 9.47 Å². The molecule has 0 aromatic heterocycles. The Bertz CT molecular complexity index is 388. The van der Waals surface area contributed by atoms with E-state index in [2.05, 4.69) is 25.1 Å². The molecular formula is C14H18O2. The van der Waals surface area contributed by atoms with Crippen LogP contribution in [0, 0.1) is 5.92 Å². The second-order valence-corrected chi connectivity index (χ2v) is 5.07. The minimum atomic E-state index is -0.327. The summed E-state index contributed by atoms with van der Waals surface area (Å²) in [5, 5.41) is 0. The molecule has 0 aliphatic carbocycles. The van der Waals surface area contributed by atoms with Gasteiger partial charge in [-0.1, -0.05) is 25.1 Å². The van der Waals surface area contributed by atoms with Gasteiger partial charge in [-0.2, -0.15) is 0 Å². The quantitative estimate of drug-likeness (QED) is 0.666. The van der Waals surface area contributed by atoms with E-state index in [0.29, 0.717) is 5.92 Å². The fourth-order valence-corrected chi connectivity index (χ4v) is 2.77. The van der Waals surface area contributed by atoms with Crippen LogP contribution in [0.3, 0.4) is 0 Å². The molecule has 0 bridgehead atoms. The Balaban J connectivity index is 1.86. The van der Waals surface area contributed by atoms with Crippen molar-refractivity contribution in [1.82, 2.24) is 0 Å². The first-order chi connectivity index (χ1) is 7.77. The van der Waals surface area contributed by atoms with Gasteiger partial charge in [0.15, 0.2) is 0 Å². The maximum Gasteiger partial charge on any atom is 0.211 e. The SMILES string of the molecule is CC1CCOC2(CCc3ccccc3O2)C1. The molecule has 16 heavy (non-hydrogen) atoms. The van der Waals surface area contributed by atoms with E-state index >= 15 is 0 Å². The molecule has 1 fully saturated rings. The van der Waals surface area contributed by atoms with Crippen molar-refractivity contribution in [2.75, 3.05) is 6.61 Å². The second kappa shape index (κ2) is 3.77. The topological polar surface area (TPSA) is 18.5 Å². The van der Waals surface area contributed by atoms with Gasteiger partial charge in [-0.3, -0.25) is 0 Å². The number of benzene rings is 1. The van der Waals surface area contributed by atoms with Crippen LogP contribution in [0.5, 0.6) is 5.75 Å². The molecule has 0 amide bonds. The van der Waals surface area contributed by atoms with Gasteiger partial charge in [0.1, 0.15) is 5.75 Å². The zero-order valence-electron chi connectivity index (χ0n) is 9.74. The molecule has 2 nitrogen and oxygen atoms in total. The highest BCUT2D eigenvalue weighted by atomic mass is 16.7. The molecule has 2 aliphatic heterocycles. The minimum Gasteiger partial charge on any atom is -0.462 e.